The SMILES string of the molecule is CCCCCCCCCCCCCCCC(c1ccc(Oc2ccccc2)cc1)(S(=O)(=O)N=[N+]=[N-])S(=O)(=O)N=[N+]=[N-]. The van der Waals surface area contributed by atoms with E-state index < -0.39 is 30.5 Å². The van der Waals surface area contributed by atoms with Crippen molar-refractivity contribution in [1.29, 1.82) is 0 Å². The van der Waals surface area contributed by atoms with Crippen molar-refractivity contribution in [3.63, 3.8) is 0 Å². The molecule has 0 spiro atoms. The number of ether oxygens (including phenoxy) is 1. The number of azide groups is 2. The van der Waals surface area contributed by atoms with Crippen LogP contribution in [0.5, 0.6) is 11.5 Å². The Bertz CT molecular complexity index is 1320. The standard InChI is InChI=1S/C28H40N6O5S2/c1-2-3-4-5-6-7-8-9-10-11-12-13-17-24-28(40(35,36)33-31-29,41(37,38)34-32-30)25-20-22-27(23-21-25)39-26-18-15-14-16-19-26/h14-16,18-23H,2-13,17,24H2,1H3. The molecule has 0 aliphatic carbocycles. The molecule has 0 heterocycles. The highest BCUT2D eigenvalue weighted by molar-refractivity contribution is 8.08. The number of hydrogen-bond donors (Lipinski definition) is 0. The Hall–Kier alpha value is -3.24. The normalized spacial score (nSPS) is 13.0. The maximum Gasteiger partial charge on any atom is 0.260 e. The molecule has 0 aromatic heterocycles. The molecule has 11 nitrogen and oxygen atoms in total. The van der Waals surface area contributed by atoms with Gasteiger partial charge in [-0.05, 0) is 47.3 Å². The molecular formula is C28H40N6O5S2. The third-order valence-corrected chi connectivity index (χ3v) is 11.4. The summed E-state index contributed by atoms with van der Waals surface area (Å²) in [4.78, 5) is 4.75. The van der Waals surface area contributed by atoms with Gasteiger partial charge in [-0.2, -0.15) is 0 Å². The summed E-state index contributed by atoms with van der Waals surface area (Å²) in [5, 5.41) is 0. The Labute approximate surface area is 243 Å². The van der Waals surface area contributed by atoms with Crippen molar-refractivity contribution in [2.75, 3.05) is 0 Å². The van der Waals surface area contributed by atoms with E-state index >= 15 is 0 Å². The molecule has 0 fully saturated rings. The zero-order valence-corrected chi connectivity index (χ0v) is 25.3. The summed E-state index contributed by atoms with van der Waals surface area (Å²) < 4.78 is 61.9. The maximum atomic E-state index is 13.3. The van der Waals surface area contributed by atoms with E-state index in [4.69, 9.17) is 15.8 Å². The first-order valence-electron chi connectivity index (χ1n) is 14.2. The molecule has 41 heavy (non-hydrogen) atoms. The Morgan fingerprint density at radius 2 is 1.05 bits per heavy atom. The van der Waals surface area contributed by atoms with Crippen molar-refractivity contribution >= 4 is 20.0 Å². The summed E-state index contributed by atoms with van der Waals surface area (Å²) >= 11 is 0. The highest BCUT2D eigenvalue weighted by Crippen LogP contribution is 2.44. The second-order valence-electron chi connectivity index (χ2n) is 9.98. The monoisotopic (exact) mass is 604 g/mol. The fourth-order valence-corrected chi connectivity index (χ4v) is 8.23. The Kier molecular flexibility index (Phi) is 14.5. The van der Waals surface area contributed by atoms with Crippen LogP contribution in [0.2, 0.25) is 0 Å². The Morgan fingerprint density at radius 1 is 0.634 bits per heavy atom. The van der Waals surface area contributed by atoms with Gasteiger partial charge in [-0.3, -0.25) is 0 Å². The number of nitrogens with zero attached hydrogens (tertiary/aromatic N) is 6. The predicted octanol–water partition coefficient (Wildman–Crippen LogP) is 9.39. The van der Waals surface area contributed by atoms with Gasteiger partial charge in [0, 0.05) is 18.9 Å². The van der Waals surface area contributed by atoms with Gasteiger partial charge in [0.25, 0.3) is 20.0 Å². The second-order valence-corrected chi connectivity index (χ2v) is 13.9. The van der Waals surface area contributed by atoms with Crippen LogP contribution in [0.15, 0.2) is 63.6 Å². The smallest absolute Gasteiger partial charge is 0.260 e. The third-order valence-electron chi connectivity index (χ3n) is 7.00. The molecule has 0 unspecified atom stereocenters. The lowest BCUT2D eigenvalue weighted by Crippen LogP contribution is -2.41. The van der Waals surface area contributed by atoms with Crippen LogP contribution in [-0.4, -0.2) is 16.8 Å². The number of benzene rings is 2. The van der Waals surface area contributed by atoms with E-state index in [1.54, 1.807) is 24.3 Å². The van der Waals surface area contributed by atoms with Gasteiger partial charge in [0.1, 0.15) is 11.5 Å². The van der Waals surface area contributed by atoms with Gasteiger partial charge in [-0.1, -0.05) is 121 Å². The molecule has 0 saturated carbocycles. The average Bonchev–Trinajstić information content (AvgIpc) is 2.94. The molecular weight excluding hydrogens is 564 g/mol. The molecule has 2 aromatic carbocycles. The maximum absolute atomic E-state index is 13.3. The van der Waals surface area contributed by atoms with Gasteiger partial charge in [-0.25, -0.2) is 16.8 Å². The van der Waals surface area contributed by atoms with Crippen LogP contribution >= 0.6 is 0 Å². The number of para-hydroxylation sites is 1. The average molecular weight is 605 g/mol. The molecule has 0 N–H and O–H groups in total. The first-order chi connectivity index (χ1) is 19.7. The fraction of sp³-hybridized carbons (Fsp3) is 0.571. The Balaban J connectivity index is 2.15. The molecule has 0 saturated heterocycles. The lowest BCUT2D eigenvalue weighted by atomic mass is 10.0. The molecule has 13 heteroatoms. The lowest BCUT2D eigenvalue weighted by molar-refractivity contribution is 0.480. The van der Waals surface area contributed by atoms with E-state index in [1.165, 1.54) is 69.2 Å². The van der Waals surface area contributed by atoms with Crippen molar-refractivity contribution in [2.24, 2.45) is 9.04 Å². The van der Waals surface area contributed by atoms with E-state index in [1.807, 2.05) is 6.07 Å². The number of unbranched alkanes of at least 4 members (excludes halogenated alkanes) is 12. The van der Waals surface area contributed by atoms with Crippen LogP contribution in [0.25, 0.3) is 20.9 Å². The topological polar surface area (TPSA) is 175 Å². The minimum atomic E-state index is -5.04. The molecule has 0 bridgehead atoms. The summed E-state index contributed by atoms with van der Waals surface area (Å²) in [5.41, 5.74) is 17.7. The Morgan fingerprint density at radius 3 is 1.49 bits per heavy atom. The highest BCUT2D eigenvalue weighted by atomic mass is 32.3. The quantitative estimate of drug-likeness (QED) is 0.0595. The molecule has 0 aliphatic rings. The number of rotatable bonds is 21. The molecule has 0 atom stereocenters. The summed E-state index contributed by atoms with van der Waals surface area (Å²) in [6.45, 7) is 2.21. The van der Waals surface area contributed by atoms with E-state index in [0.29, 0.717) is 17.9 Å². The fourth-order valence-electron chi connectivity index (χ4n) is 4.84. The van der Waals surface area contributed by atoms with Gasteiger partial charge >= 0.3 is 0 Å². The van der Waals surface area contributed by atoms with Gasteiger partial charge in [-0.15, -0.1) is 0 Å². The highest BCUT2D eigenvalue weighted by Gasteiger charge is 2.55. The van der Waals surface area contributed by atoms with Crippen molar-refractivity contribution in [3.05, 3.63) is 81.0 Å². The largest absolute Gasteiger partial charge is 0.457 e. The number of sulfonamides is 2. The van der Waals surface area contributed by atoms with Crippen LogP contribution in [-0.2, 0) is 24.1 Å². The van der Waals surface area contributed by atoms with Crippen LogP contribution in [0.4, 0.5) is 0 Å². The summed E-state index contributed by atoms with van der Waals surface area (Å²) in [6.07, 6.45) is 13.0. The minimum absolute atomic E-state index is 0.194. The number of hydrogen-bond acceptors (Lipinski definition) is 5. The van der Waals surface area contributed by atoms with Crippen molar-refractivity contribution < 1.29 is 21.6 Å². The predicted molar refractivity (Wildman–Crippen MR) is 161 cm³/mol. The molecule has 0 amide bonds. The molecule has 0 radical (unpaired) electrons. The van der Waals surface area contributed by atoms with E-state index in [2.05, 4.69) is 25.8 Å². The van der Waals surface area contributed by atoms with Crippen LogP contribution in [0.3, 0.4) is 0 Å². The van der Waals surface area contributed by atoms with Crippen LogP contribution in [0, 0.1) is 0 Å². The molecule has 0 aliphatic heterocycles. The summed E-state index contributed by atoms with van der Waals surface area (Å²) in [7, 11) is -10.1. The molecule has 2 rings (SSSR count). The van der Waals surface area contributed by atoms with Crippen LogP contribution in [0.1, 0.15) is 102 Å². The van der Waals surface area contributed by atoms with Crippen molar-refractivity contribution in [1.82, 2.24) is 0 Å². The van der Waals surface area contributed by atoms with Crippen LogP contribution < -0.4 is 4.74 Å². The summed E-state index contributed by atoms with van der Waals surface area (Å²) in [5.74, 6) is 0.860. The van der Waals surface area contributed by atoms with Crippen molar-refractivity contribution in [2.45, 2.75) is 101 Å². The molecule has 2 aromatic rings. The van der Waals surface area contributed by atoms with E-state index in [9.17, 15) is 16.8 Å². The van der Waals surface area contributed by atoms with E-state index in [0.717, 1.165) is 25.7 Å². The zero-order valence-electron chi connectivity index (χ0n) is 23.6. The second kappa shape index (κ2) is 17.5. The van der Waals surface area contributed by atoms with Gasteiger partial charge in [0.2, 0.25) is 4.08 Å². The third kappa shape index (κ3) is 9.97. The molecule has 224 valence electrons. The minimum Gasteiger partial charge on any atom is -0.457 e. The summed E-state index contributed by atoms with van der Waals surface area (Å²) in [6, 6.07) is 14.2. The first kappa shape index (κ1) is 34.0. The first-order valence-corrected chi connectivity index (χ1v) is 17.1. The van der Waals surface area contributed by atoms with Gasteiger partial charge in [0.05, 0.1) is 0 Å². The lowest BCUT2D eigenvalue weighted by Gasteiger charge is -2.29. The van der Waals surface area contributed by atoms with E-state index in [-0.39, 0.29) is 12.0 Å². The van der Waals surface area contributed by atoms with Gasteiger partial charge in [0.15, 0.2) is 0 Å². The van der Waals surface area contributed by atoms with Gasteiger partial charge < -0.3 is 4.74 Å². The van der Waals surface area contributed by atoms with Crippen molar-refractivity contribution in [3.8, 4) is 11.5 Å². The zero-order chi connectivity index (χ0) is 30.0.